The van der Waals surface area contributed by atoms with Gasteiger partial charge in [-0.15, -0.1) is 11.8 Å². The number of aromatic nitrogens is 1. The van der Waals surface area contributed by atoms with Crippen LogP contribution in [0.15, 0.2) is 27.6 Å². The van der Waals surface area contributed by atoms with Gasteiger partial charge in [-0.2, -0.15) is 0 Å². The highest BCUT2D eigenvalue weighted by Gasteiger charge is 2.20. The summed E-state index contributed by atoms with van der Waals surface area (Å²) in [5.74, 6) is 0.427. The fraction of sp³-hybridized carbons (Fsp3) is 0.231. The van der Waals surface area contributed by atoms with Gasteiger partial charge in [0.1, 0.15) is 11.5 Å². The maximum absolute atomic E-state index is 10.8. The average molecular weight is 295 g/mol. The van der Waals surface area contributed by atoms with Gasteiger partial charge in [0.15, 0.2) is 11.5 Å². The van der Waals surface area contributed by atoms with Gasteiger partial charge in [-0.05, 0) is 18.4 Å². The van der Waals surface area contributed by atoms with E-state index in [1.807, 2.05) is 6.26 Å². The standard InChI is InChI=1S/C13H13NO5S/c1-17-9-5-4-7(11(18-2)12(9)20-3)10-6-8(13(15)16)14-19-10/h4-6H,1-3H3,(H,15,16). The number of aromatic carboxylic acids is 1. The Labute approximate surface area is 119 Å². The van der Waals surface area contributed by atoms with E-state index in [9.17, 15) is 4.79 Å². The van der Waals surface area contributed by atoms with Crippen LogP contribution in [0.25, 0.3) is 11.3 Å². The molecule has 1 N–H and O–H groups in total. The van der Waals surface area contributed by atoms with Crippen LogP contribution in [0.1, 0.15) is 10.5 Å². The molecule has 0 bridgehead atoms. The Morgan fingerprint density at radius 3 is 2.60 bits per heavy atom. The van der Waals surface area contributed by atoms with Gasteiger partial charge in [0.05, 0.1) is 24.7 Å². The van der Waals surface area contributed by atoms with E-state index in [0.717, 1.165) is 4.90 Å². The molecule has 2 aromatic rings. The van der Waals surface area contributed by atoms with Crippen LogP contribution in [0.5, 0.6) is 11.5 Å². The minimum absolute atomic E-state index is 0.149. The number of thioether (sulfide) groups is 1. The predicted molar refractivity (Wildman–Crippen MR) is 73.8 cm³/mol. The Morgan fingerprint density at radius 1 is 1.35 bits per heavy atom. The second-order valence-electron chi connectivity index (χ2n) is 3.76. The molecule has 7 heteroatoms. The van der Waals surface area contributed by atoms with Crippen molar-refractivity contribution in [2.75, 3.05) is 20.5 Å². The summed E-state index contributed by atoms with van der Waals surface area (Å²) in [5.41, 5.74) is 0.473. The molecule has 2 rings (SSSR count). The third kappa shape index (κ3) is 2.44. The molecule has 106 valence electrons. The first-order chi connectivity index (χ1) is 9.62. The van der Waals surface area contributed by atoms with Crippen LogP contribution in [-0.4, -0.2) is 36.7 Å². The summed E-state index contributed by atoms with van der Waals surface area (Å²) in [7, 11) is 3.11. The molecule has 0 aliphatic rings. The molecule has 0 unspecified atom stereocenters. The van der Waals surface area contributed by atoms with Crippen molar-refractivity contribution in [3.8, 4) is 22.8 Å². The van der Waals surface area contributed by atoms with E-state index in [2.05, 4.69) is 5.16 Å². The lowest BCUT2D eigenvalue weighted by atomic mass is 10.1. The minimum atomic E-state index is -1.14. The van der Waals surface area contributed by atoms with Crippen LogP contribution in [0.4, 0.5) is 0 Å². The number of hydrogen-bond donors (Lipinski definition) is 1. The maximum Gasteiger partial charge on any atom is 0.358 e. The molecule has 0 saturated carbocycles. The third-order valence-electron chi connectivity index (χ3n) is 2.70. The van der Waals surface area contributed by atoms with Crippen LogP contribution in [0.3, 0.4) is 0 Å². The molecule has 20 heavy (non-hydrogen) atoms. The first kappa shape index (κ1) is 14.3. The van der Waals surface area contributed by atoms with Crippen molar-refractivity contribution in [3.63, 3.8) is 0 Å². The monoisotopic (exact) mass is 295 g/mol. The van der Waals surface area contributed by atoms with Gasteiger partial charge in [0.2, 0.25) is 0 Å². The first-order valence-electron chi connectivity index (χ1n) is 5.61. The Morgan fingerprint density at radius 2 is 2.10 bits per heavy atom. The third-order valence-corrected chi connectivity index (χ3v) is 3.49. The van der Waals surface area contributed by atoms with Gasteiger partial charge in [-0.25, -0.2) is 4.79 Å². The SMILES string of the molecule is COc1ccc(-c2cc(C(=O)O)no2)c(OC)c1SC. The maximum atomic E-state index is 10.8. The van der Waals surface area contributed by atoms with E-state index < -0.39 is 5.97 Å². The van der Waals surface area contributed by atoms with Gasteiger partial charge in [0, 0.05) is 6.07 Å². The normalized spacial score (nSPS) is 10.3. The van der Waals surface area contributed by atoms with E-state index >= 15 is 0 Å². The number of nitrogens with zero attached hydrogens (tertiary/aromatic N) is 1. The van der Waals surface area contributed by atoms with Crippen LogP contribution < -0.4 is 9.47 Å². The summed E-state index contributed by atoms with van der Waals surface area (Å²) in [6.07, 6.45) is 1.90. The van der Waals surface area contributed by atoms with Crippen LogP contribution in [-0.2, 0) is 0 Å². The zero-order chi connectivity index (χ0) is 14.7. The lowest BCUT2D eigenvalue weighted by molar-refractivity contribution is 0.0686. The fourth-order valence-electron chi connectivity index (χ4n) is 1.80. The van der Waals surface area contributed by atoms with Crippen molar-refractivity contribution in [2.45, 2.75) is 4.90 Å². The lowest BCUT2D eigenvalue weighted by Gasteiger charge is -2.13. The quantitative estimate of drug-likeness (QED) is 0.849. The number of rotatable bonds is 5. The van der Waals surface area contributed by atoms with Gasteiger partial charge >= 0.3 is 5.97 Å². The molecule has 6 nitrogen and oxygen atoms in total. The molecular formula is C13H13NO5S. The highest BCUT2D eigenvalue weighted by Crippen LogP contribution is 2.43. The number of carbonyl (C=O) groups is 1. The largest absolute Gasteiger partial charge is 0.495 e. The van der Waals surface area contributed by atoms with E-state index in [1.165, 1.54) is 24.9 Å². The molecular weight excluding hydrogens is 282 g/mol. The Bertz CT molecular complexity index is 638. The lowest BCUT2D eigenvalue weighted by Crippen LogP contribution is -1.95. The molecule has 0 radical (unpaired) electrons. The molecule has 0 atom stereocenters. The van der Waals surface area contributed by atoms with Crippen molar-refractivity contribution >= 4 is 17.7 Å². The summed E-state index contributed by atoms with van der Waals surface area (Å²) >= 11 is 1.46. The van der Waals surface area contributed by atoms with Crippen molar-refractivity contribution in [1.82, 2.24) is 5.16 Å². The number of methoxy groups -OCH3 is 2. The number of ether oxygens (including phenoxy) is 2. The molecule has 0 fully saturated rings. The first-order valence-corrected chi connectivity index (χ1v) is 6.84. The molecule has 1 aromatic heterocycles. The number of benzene rings is 1. The smallest absolute Gasteiger partial charge is 0.358 e. The van der Waals surface area contributed by atoms with Crippen molar-refractivity contribution in [1.29, 1.82) is 0 Å². The van der Waals surface area contributed by atoms with Crippen molar-refractivity contribution in [2.24, 2.45) is 0 Å². The number of carboxylic acid groups (broad SMARTS) is 1. The highest BCUT2D eigenvalue weighted by atomic mass is 32.2. The summed E-state index contributed by atoms with van der Waals surface area (Å²) < 4.78 is 15.7. The van der Waals surface area contributed by atoms with Crippen LogP contribution in [0.2, 0.25) is 0 Å². The zero-order valence-electron chi connectivity index (χ0n) is 11.2. The summed E-state index contributed by atoms with van der Waals surface area (Å²) in [5, 5.41) is 12.4. The van der Waals surface area contributed by atoms with Gasteiger partial charge in [0.25, 0.3) is 0 Å². The number of hydrogen-bond acceptors (Lipinski definition) is 6. The predicted octanol–water partition coefficient (Wildman–Crippen LogP) is 2.78. The van der Waals surface area contributed by atoms with Gasteiger partial charge < -0.3 is 19.1 Å². The Balaban J connectivity index is 2.58. The minimum Gasteiger partial charge on any atom is -0.495 e. The average Bonchev–Trinajstić information content (AvgIpc) is 2.95. The van der Waals surface area contributed by atoms with E-state index in [-0.39, 0.29) is 5.69 Å². The Hall–Kier alpha value is -2.15. The second-order valence-corrected chi connectivity index (χ2v) is 4.58. The molecule has 0 saturated heterocycles. The zero-order valence-corrected chi connectivity index (χ0v) is 12.0. The number of carboxylic acids is 1. The Kier molecular flexibility index (Phi) is 4.19. The summed E-state index contributed by atoms with van der Waals surface area (Å²) in [4.78, 5) is 11.7. The topological polar surface area (TPSA) is 81.8 Å². The van der Waals surface area contributed by atoms with Crippen LogP contribution >= 0.6 is 11.8 Å². The van der Waals surface area contributed by atoms with E-state index in [4.69, 9.17) is 19.1 Å². The second kappa shape index (κ2) is 5.87. The van der Waals surface area contributed by atoms with E-state index in [0.29, 0.717) is 22.8 Å². The molecule has 0 spiro atoms. The highest BCUT2D eigenvalue weighted by molar-refractivity contribution is 7.98. The summed E-state index contributed by atoms with van der Waals surface area (Å²) in [6, 6.07) is 4.87. The van der Waals surface area contributed by atoms with E-state index in [1.54, 1.807) is 19.2 Å². The van der Waals surface area contributed by atoms with Gasteiger partial charge in [-0.3, -0.25) is 0 Å². The fourth-order valence-corrected chi connectivity index (χ4v) is 2.53. The molecule has 1 heterocycles. The molecule has 1 aromatic carbocycles. The molecule has 0 amide bonds. The molecule has 0 aliphatic heterocycles. The van der Waals surface area contributed by atoms with Gasteiger partial charge in [-0.1, -0.05) is 5.16 Å². The van der Waals surface area contributed by atoms with Crippen molar-refractivity contribution in [3.05, 3.63) is 23.9 Å². The van der Waals surface area contributed by atoms with Crippen LogP contribution in [0, 0.1) is 0 Å². The summed E-state index contributed by atoms with van der Waals surface area (Å²) in [6.45, 7) is 0. The van der Waals surface area contributed by atoms with Crippen molar-refractivity contribution < 1.29 is 23.9 Å². The molecule has 0 aliphatic carbocycles.